The van der Waals surface area contributed by atoms with Crippen LogP contribution in [0.25, 0.3) is 5.78 Å². The largest absolute Gasteiger partial charge is 0.328 e. The zero-order chi connectivity index (χ0) is 10.3. The first-order valence-electron chi connectivity index (χ1n) is 5.26. The summed E-state index contributed by atoms with van der Waals surface area (Å²) in [6.07, 6.45) is 6.89. The lowest BCUT2D eigenvalue weighted by Gasteiger charge is -2.06. The molecule has 0 aromatic carbocycles. The maximum atomic E-state index is 5.90. The molecule has 0 amide bonds. The number of hydrogen-bond donors (Lipinski definition) is 1. The number of rotatable bonds is 1. The van der Waals surface area contributed by atoms with Gasteiger partial charge in [0, 0.05) is 24.4 Å². The second-order valence-corrected chi connectivity index (χ2v) is 4.12. The van der Waals surface area contributed by atoms with E-state index in [1.54, 1.807) is 6.20 Å². The zero-order valence-corrected chi connectivity index (χ0v) is 8.37. The van der Waals surface area contributed by atoms with Gasteiger partial charge in [0.2, 0.25) is 0 Å². The van der Waals surface area contributed by atoms with Crippen molar-refractivity contribution in [1.29, 1.82) is 0 Å². The molecule has 78 valence electrons. The van der Waals surface area contributed by atoms with E-state index in [1.165, 1.54) is 0 Å². The van der Waals surface area contributed by atoms with Gasteiger partial charge in [0.15, 0.2) is 0 Å². The highest BCUT2D eigenvalue weighted by molar-refractivity contribution is 5.27. The highest BCUT2D eigenvalue weighted by Crippen LogP contribution is 2.32. The maximum absolute atomic E-state index is 5.90. The number of nitrogens with two attached hydrogens (primary N) is 1. The van der Waals surface area contributed by atoms with Crippen molar-refractivity contribution >= 4 is 5.78 Å². The topological polar surface area (TPSA) is 69.1 Å². The van der Waals surface area contributed by atoms with E-state index in [4.69, 9.17) is 5.73 Å². The summed E-state index contributed by atoms with van der Waals surface area (Å²) in [5, 5.41) is 8.26. The molecule has 0 bridgehead atoms. The van der Waals surface area contributed by atoms with Gasteiger partial charge in [-0.3, -0.25) is 4.40 Å². The van der Waals surface area contributed by atoms with Gasteiger partial charge < -0.3 is 5.73 Å². The van der Waals surface area contributed by atoms with Crippen molar-refractivity contribution in [2.24, 2.45) is 5.73 Å². The molecular weight excluding hydrogens is 190 g/mol. The molecule has 2 heterocycles. The smallest absolute Gasteiger partial charge is 0.254 e. The van der Waals surface area contributed by atoms with E-state index in [1.807, 2.05) is 16.7 Å². The molecule has 15 heavy (non-hydrogen) atoms. The first-order chi connectivity index (χ1) is 7.34. The van der Waals surface area contributed by atoms with Gasteiger partial charge in [0.1, 0.15) is 5.82 Å². The molecule has 5 nitrogen and oxygen atoms in total. The summed E-state index contributed by atoms with van der Waals surface area (Å²) >= 11 is 0. The molecule has 2 aromatic heterocycles. The van der Waals surface area contributed by atoms with E-state index in [2.05, 4.69) is 15.2 Å². The highest BCUT2D eigenvalue weighted by atomic mass is 15.3. The molecule has 0 unspecified atom stereocenters. The van der Waals surface area contributed by atoms with Crippen LogP contribution < -0.4 is 5.73 Å². The Kier molecular flexibility index (Phi) is 1.92. The van der Waals surface area contributed by atoms with E-state index >= 15 is 0 Å². The number of hydrogen-bond acceptors (Lipinski definition) is 4. The van der Waals surface area contributed by atoms with Crippen LogP contribution in [0.3, 0.4) is 0 Å². The van der Waals surface area contributed by atoms with Gasteiger partial charge >= 0.3 is 0 Å². The van der Waals surface area contributed by atoms with Crippen LogP contribution in [-0.4, -0.2) is 25.6 Å². The molecule has 0 radical (unpaired) electrons. The maximum Gasteiger partial charge on any atom is 0.254 e. The molecule has 1 aliphatic rings. The van der Waals surface area contributed by atoms with E-state index < -0.39 is 0 Å². The van der Waals surface area contributed by atoms with Crippen LogP contribution in [0.5, 0.6) is 0 Å². The third kappa shape index (κ3) is 1.39. The molecule has 2 aromatic rings. The van der Waals surface area contributed by atoms with Gasteiger partial charge in [-0.2, -0.15) is 0 Å². The first kappa shape index (κ1) is 8.79. The summed E-state index contributed by atoms with van der Waals surface area (Å²) in [7, 11) is 0. The predicted octanol–water partition coefficient (Wildman–Crippen LogP) is 0.719. The summed E-state index contributed by atoms with van der Waals surface area (Å²) in [6, 6.07) is 2.22. The van der Waals surface area contributed by atoms with Crippen molar-refractivity contribution < 1.29 is 0 Å². The molecule has 1 aliphatic carbocycles. The molecule has 2 N–H and O–H groups in total. The lowest BCUT2D eigenvalue weighted by Crippen LogP contribution is -2.14. The fourth-order valence-electron chi connectivity index (χ4n) is 2.29. The number of nitrogens with zero attached hydrogens (tertiary/aromatic N) is 4. The Morgan fingerprint density at radius 1 is 1.33 bits per heavy atom. The summed E-state index contributed by atoms with van der Waals surface area (Å²) in [5.74, 6) is 2.12. The van der Waals surface area contributed by atoms with Gasteiger partial charge in [-0.05, 0) is 25.3 Å². The Bertz CT molecular complexity index is 477. The van der Waals surface area contributed by atoms with Crippen LogP contribution in [0.1, 0.15) is 31.0 Å². The van der Waals surface area contributed by atoms with Crippen LogP contribution in [0.2, 0.25) is 0 Å². The molecule has 0 aliphatic heterocycles. The van der Waals surface area contributed by atoms with Gasteiger partial charge in [-0.1, -0.05) is 0 Å². The first-order valence-corrected chi connectivity index (χ1v) is 5.26. The average molecular weight is 203 g/mol. The second-order valence-electron chi connectivity index (χ2n) is 4.12. The summed E-state index contributed by atoms with van der Waals surface area (Å²) in [6.45, 7) is 0. The average Bonchev–Trinajstić information content (AvgIpc) is 2.83. The molecule has 1 saturated carbocycles. The minimum atomic E-state index is 0.319. The third-order valence-electron chi connectivity index (χ3n) is 3.05. The van der Waals surface area contributed by atoms with Crippen molar-refractivity contribution in [1.82, 2.24) is 19.6 Å². The van der Waals surface area contributed by atoms with Crippen molar-refractivity contribution in [2.45, 2.75) is 31.2 Å². The van der Waals surface area contributed by atoms with Crippen LogP contribution in [-0.2, 0) is 0 Å². The molecular formula is C10H13N5. The van der Waals surface area contributed by atoms with Crippen molar-refractivity contribution in [2.75, 3.05) is 0 Å². The van der Waals surface area contributed by atoms with E-state index in [0.29, 0.717) is 17.7 Å². The summed E-state index contributed by atoms with van der Waals surface area (Å²) in [5.41, 5.74) is 5.90. The Morgan fingerprint density at radius 3 is 3.07 bits per heavy atom. The quantitative estimate of drug-likeness (QED) is 0.741. The Morgan fingerprint density at radius 2 is 2.27 bits per heavy atom. The fraction of sp³-hybridized carbons (Fsp3) is 0.500. The van der Waals surface area contributed by atoms with Crippen LogP contribution in [0.15, 0.2) is 18.5 Å². The van der Waals surface area contributed by atoms with Crippen molar-refractivity contribution in [3.63, 3.8) is 0 Å². The lowest BCUT2D eigenvalue weighted by molar-refractivity contribution is 0.636. The number of fused-ring (bicyclic) bond motifs is 1. The van der Waals surface area contributed by atoms with Gasteiger partial charge in [0.25, 0.3) is 5.78 Å². The van der Waals surface area contributed by atoms with Gasteiger partial charge in [-0.15, -0.1) is 10.2 Å². The SMILES string of the molecule is N[C@H]1CC[C@@H](c2nnc3ncccn23)C1. The summed E-state index contributed by atoms with van der Waals surface area (Å²) in [4.78, 5) is 4.15. The molecule has 2 atom stereocenters. The number of aromatic nitrogens is 4. The minimum Gasteiger partial charge on any atom is -0.328 e. The molecule has 0 spiro atoms. The molecule has 3 rings (SSSR count). The predicted molar refractivity (Wildman–Crippen MR) is 55.3 cm³/mol. The fourth-order valence-corrected chi connectivity index (χ4v) is 2.29. The normalized spacial score (nSPS) is 26.2. The summed E-state index contributed by atoms with van der Waals surface area (Å²) < 4.78 is 1.96. The Labute approximate surface area is 87.3 Å². The van der Waals surface area contributed by atoms with E-state index in [0.717, 1.165) is 25.1 Å². The molecule has 1 fully saturated rings. The lowest BCUT2D eigenvalue weighted by atomic mass is 10.1. The highest BCUT2D eigenvalue weighted by Gasteiger charge is 2.26. The third-order valence-corrected chi connectivity index (χ3v) is 3.05. The van der Waals surface area contributed by atoms with Crippen LogP contribution in [0, 0.1) is 0 Å². The Balaban J connectivity index is 2.04. The Hall–Kier alpha value is -1.49. The monoisotopic (exact) mass is 203 g/mol. The van der Waals surface area contributed by atoms with Crippen molar-refractivity contribution in [3.8, 4) is 0 Å². The molecule has 0 saturated heterocycles. The molecule has 5 heteroatoms. The van der Waals surface area contributed by atoms with Gasteiger partial charge in [-0.25, -0.2) is 4.98 Å². The van der Waals surface area contributed by atoms with Crippen molar-refractivity contribution in [3.05, 3.63) is 24.3 Å². The van der Waals surface area contributed by atoms with Crippen LogP contribution >= 0.6 is 0 Å². The zero-order valence-electron chi connectivity index (χ0n) is 8.37. The van der Waals surface area contributed by atoms with Crippen LogP contribution in [0.4, 0.5) is 0 Å². The standard InChI is InChI=1S/C10H13N5/c11-8-3-2-7(6-8)9-13-14-10-12-4-1-5-15(9)10/h1,4-5,7-8H,2-3,6,11H2/t7-,8+/m1/s1. The second kappa shape index (κ2) is 3.27. The van der Waals surface area contributed by atoms with E-state index in [9.17, 15) is 0 Å². The minimum absolute atomic E-state index is 0.319. The van der Waals surface area contributed by atoms with Gasteiger partial charge in [0.05, 0.1) is 0 Å². The van der Waals surface area contributed by atoms with E-state index in [-0.39, 0.29) is 0 Å².